The zero-order valence-electron chi connectivity index (χ0n) is 12.2. The highest BCUT2D eigenvalue weighted by Gasteiger charge is 2.55. The standard InChI is InChI=1S/C13H24N4O3/c1-8(2)10(15-3)11(19)17-13(7-18)6-9(13)4-5-16-12(14)20/h7-10,15H,4-6H2,1-3H3,(H,17,19)(H3,14,16,20)/t9?,10-,13?/m0/s1. The lowest BCUT2D eigenvalue weighted by Gasteiger charge is -2.22. The number of carbonyl (C=O) groups is 3. The first-order valence-corrected chi connectivity index (χ1v) is 6.85. The number of nitrogens with two attached hydrogens (primary N) is 1. The molecule has 3 atom stereocenters. The molecular weight excluding hydrogens is 260 g/mol. The van der Waals surface area contributed by atoms with Crippen LogP contribution in [0.5, 0.6) is 0 Å². The van der Waals surface area contributed by atoms with Crippen molar-refractivity contribution in [2.45, 2.75) is 38.3 Å². The molecule has 114 valence electrons. The zero-order valence-corrected chi connectivity index (χ0v) is 12.2. The molecule has 7 heteroatoms. The maximum absolute atomic E-state index is 12.1. The highest BCUT2D eigenvalue weighted by Crippen LogP contribution is 2.44. The van der Waals surface area contributed by atoms with Gasteiger partial charge in [-0.25, -0.2) is 4.79 Å². The molecule has 20 heavy (non-hydrogen) atoms. The Balaban J connectivity index is 2.50. The van der Waals surface area contributed by atoms with Crippen LogP contribution in [-0.4, -0.2) is 43.4 Å². The molecule has 1 fully saturated rings. The number of rotatable bonds is 8. The molecule has 0 aromatic rings. The van der Waals surface area contributed by atoms with Crippen molar-refractivity contribution in [3.8, 4) is 0 Å². The van der Waals surface area contributed by atoms with Crippen LogP contribution < -0.4 is 21.7 Å². The molecule has 0 saturated heterocycles. The van der Waals surface area contributed by atoms with Crippen molar-refractivity contribution >= 4 is 18.2 Å². The molecule has 0 radical (unpaired) electrons. The summed E-state index contributed by atoms with van der Waals surface area (Å²) in [4.78, 5) is 34.0. The lowest BCUT2D eigenvalue weighted by Crippen LogP contribution is -2.51. The van der Waals surface area contributed by atoms with Gasteiger partial charge in [-0.2, -0.15) is 0 Å². The van der Waals surface area contributed by atoms with E-state index >= 15 is 0 Å². The maximum atomic E-state index is 12.1. The number of amides is 3. The molecule has 0 bridgehead atoms. The van der Waals surface area contributed by atoms with Gasteiger partial charge in [0, 0.05) is 6.54 Å². The van der Waals surface area contributed by atoms with E-state index in [0.29, 0.717) is 19.4 Å². The van der Waals surface area contributed by atoms with Crippen LogP contribution in [0.4, 0.5) is 4.79 Å². The van der Waals surface area contributed by atoms with E-state index in [0.717, 1.165) is 6.29 Å². The Morgan fingerprint density at radius 2 is 2.10 bits per heavy atom. The van der Waals surface area contributed by atoms with Crippen molar-refractivity contribution in [3.63, 3.8) is 0 Å². The maximum Gasteiger partial charge on any atom is 0.312 e. The van der Waals surface area contributed by atoms with E-state index in [4.69, 9.17) is 5.73 Å². The molecule has 0 aliphatic heterocycles. The highest BCUT2D eigenvalue weighted by molar-refractivity contribution is 5.88. The van der Waals surface area contributed by atoms with Crippen LogP contribution in [-0.2, 0) is 9.59 Å². The molecule has 0 heterocycles. The van der Waals surface area contributed by atoms with E-state index in [9.17, 15) is 14.4 Å². The van der Waals surface area contributed by atoms with Crippen molar-refractivity contribution in [3.05, 3.63) is 0 Å². The summed E-state index contributed by atoms with van der Waals surface area (Å²) in [6, 6.07) is -0.904. The number of urea groups is 1. The molecule has 0 aromatic heterocycles. The van der Waals surface area contributed by atoms with Crippen LogP contribution >= 0.6 is 0 Å². The predicted octanol–water partition coefficient (Wildman–Crippen LogP) is -0.637. The third-order valence-corrected chi connectivity index (χ3v) is 3.77. The van der Waals surface area contributed by atoms with Crippen LogP contribution in [0, 0.1) is 11.8 Å². The number of nitrogens with one attached hydrogen (secondary N) is 3. The van der Waals surface area contributed by atoms with Crippen molar-refractivity contribution < 1.29 is 14.4 Å². The number of likely N-dealkylation sites (N-methyl/N-ethyl adjacent to an activating group) is 1. The number of hydrogen-bond acceptors (Lipinski definition) is 4. The molecule has 5 N–H and O–H groups in total. The van der Waals surface area contributed by atoms with Crippen LogP contribution in [0.3, 0.4) is 0 Å². The second-order valence-corrected chi connectivity index (χ2v) is 5.64. The Morgan fingerprint density at radius 1 is 1.45 bits per heavy atom. The van der Waals surface area contributed by atoms with Gasteiger partial charge in [0.25, 0.3) is 0 Å². The van der Waals surface area contributed by atoms with Gasteiger partial charge in [0.15, 0.2) is 0 Å². The fourth-order valence-electron chi connectivity index (χ4n) is 2.48. The summed E-state index contributed by atoms with van der Waals surface area (Å²) in [6.07, 6.45) is 2.03. The first-order valence-electron chi connectivity index (χ1n) is 6.85. The smallest absolute Gasteiger partial charge is 0.312 e. The molecular formula is C13H24N4O3. The van der Waals surface area contributed by atoms with E-state index in [1.165, 1.54) is 0 Å². The van der Waals surface area contributed by atoms with Crippen molar-refractivity contribution in [2.24, 2.45) is 17.6 Å². The van der Waals surface area contributed by atoms with Gasteiger partial charge in [0.05, 0.1) is 11.6 Å². The Morgan fingerprint density at radius 3 is 2.55 bits per heavy atom. The monoisotopic (exact) mass is 284 g/mol. The lowest BCUT2D eigenvalue weighted by molar-refractivity contribution is -0.127. The molecule has 3 amide bonds. The lowest BCUT2D eigenvalue weighted by atomic mass is 10.0. The summed E-state index contributed by atoms with van der Waals surface area (Å²) < 4.78 is 0. The van der Waals surface area contributed by atoms with Crippen LogP contribution in [0.25, 0.3) is 0 Å². The number of hydrogen-bond donors (Lipinski definition) is 4. The molecule has 1 aliphatic rings. The number of primary amides is 1. The van der Waals surface area contributed by atoms with Crippen LogP contribution in [0.1, 0.15) is 26.7 Å². The minimum Gasteiger partial charge on any atom is -0.352 e. The summed E-state index contributed by atoms with van der Waals surface area (Å²) in [5, 5.41) is 8.25. The van der Waals surface area contributed by atoms with Gasteiger partial charge in [-0.1, -0.05) is 13.8 Å². The minimum absolute atomic E-state index is 0.0560. The van der Waals surface area contributed by atoms with Gasteiger partial charge in [0.2, 0.25) is 5.91 Å². The van der Waals surface area contributed by atoms with E-state index in [2.05, 4.69) is 16.0 Å². The van der Waals surface area contributed by atoms with E-state index in [1.807, 2.05) is 13.8 Å². The fourth-order valence-corrected chi connectivity index (χ4v) is 2.48. The summed E-state index contributed by atoms with van der Waals surface area (Å²) in [5.74, 6) is 0.0258. The first kappa shape index (κ1) is 16.4. The van der Waals surface area contributed by atoms with Crippen LogP contribution in [0.2, 0.25) is 0 Å². The van der Waals surface area contributed by atoms with E-state index < -0.39 is 11.6 Å². The van der Waals surface area contributed by atoms with Crippen molar-refractivity contribution in [1.82, 2.24) is 16.0 Å². The fraction of sp³-hybridized carbons (Fsp3) is 0.769. The topological polar surface area (TPSA) is 113 Å². The average Bonchev–Trinajstić information content (AvgIpc) is 3.02. The summed E-state index contributed by atoms with van der Waals surface area (Å²) in [6.45, 7) is 4.29. The molecule has 1 saturated carbocycles. The zero-order chi connectivity index (χ0) is 15.3. The van der Waals surface area contributed by atoms with Crippen molar-refractivity contribution in [2.75, 3.05) is 13.6 Å². The number of aldehydes is 1. The molecule has 1 rings (SSSR count). The predicted molar refractivity (Wildman–Crippen MR) is 74.9 cm³/mol. The summed E-state index contributed by atoms with van der Waals surface area (Å²) >= 11 is 0. The Kier molecular flexibility index (Phi) is 5.50. The van der Waals surface area contributed by atoms with Gasteiger partial charge in [0.1, 0.15) is 6.29 Å². The molecule has 7 nitrogen and oxygen atoms in total. The van der Waals surface area contributed by atoms with E-state index in [1.54, 1.807) is 7.05 Å². The third kappa shape index (κ3) is 3.93. The largest absolute Gasteiger partial charge is 0.352 e. The second-order valence-electron chi connectivity index (χ2n) is 5.64. The van der Waals surface area contributed by atoms with Crippen LogP contribution in [0.15, 0.2) is 0 Å². The quantitative estimate of drug-likeness (QED) is 0.444. The molecule has 2 unspecified atom stereocenters. The molecule has 0 spiro atoms. The first-order chi connectivity index (χ1) is 9.36. The van der Waals surface area contributed by atoms with Gasteiger partial charge in [-0.15, -0.1) is 0 Å². The molecule has 0 aromatic carbocycles. The normalized spacial score (nSPS) is 25.9. The Hall–Kier alpha value is -1.63. The molecule has 1 aliphatic carbocycles. The minimum atomic E-state index is -0.777. The Labute approximate surface area is 119 Å². The summed E-state index contributed by atoms with van der Waals surface area (Å²) in [7, 11) is 1.72. The summed E-state index contributed by atoms with van der Waals surface area (Å²) in [5.41, 5.74) is 4.20. The highest BCUT2D eigenvalue weighted by atomic mass is 16.2. The van der Waals surface area contributed by atoms with Crippen molar-refractivity contribution in [1.29, 1.82) is 0 Å². The van der Waals surface area contributed by atoms with Gasteiger partial charge in [-0.05, 0) is 31.7 Å². The van der Waals surface area contributed by atoms with Gasteiger partial charge < -0.3 is 26.5 Å². The van der Waals surface area contributed by atoms with Gasteiger partial charge in [-0.3, -0.25) is 4.79 Å². The SMILES string of the molecule is CN[C@H](C(=O)NC1(C=O)CC1CCNC(N)=O)C(C)C. The second kappa shape index (κ2) is 6.69. The third-order valence-electron chi connectivity index (χ3n) is 3.77. The van der Waals surface area contributed by atoms with Gasteiger partial charge >= 0.3 is 6.03 Å². The Bertz CT molecular complexity index is 386. The number of carbonyl (C=O) groups excluding carboxylic acids is 3. The average molecular weight is 284 g/mol. The van der Waals surface area contributed by atoms with E-state index in [-0.39, 0.29) is 23.8 Å².